The molecule has 1 heterocycles. The number of hydrogen-bond donors (Lipinski definition) is 2. The SMILES string of the molecule is CNC(=O)c1ccc(C[NH+](C)Cc2nc3ccccc3o2)cc1. The highest BCUT2D eigenvalue weighted by atomic mass is 16.3. The highest BCUT2D eigenvalue weighted by Crippen LogP contribution is 2.13. The van der Waals surface area contributed by atoms with Gasteiger partial charge in [0.25, 0.3) is 11.8 Å². The zero-order chi connectivity index (χ0) is 16.2. The fraction of sp³-hybridized carbons (Fsp3) is 0.222. The van der Waals surface area contributed by atoms with Crippen LogP contribution in [0.2, 0.25) is 0 Å². The van der Waals surface area contributed by atoms with Gasteiger partial charge in [-0.15, -0.1) is 0 Å². The van der Waals surface area contributed by atoms with E-state index in [1.165, 1.54) is 10.5 Å². The van der Waals surface area contributed by atoms with Gasteiger partial charge in [0.15, 0.2) is 12.1 Å². The third-order valence-electron chi connectivity index (χ3n) is 3.74. The molecule has 5 nitrogen and oxygen atoms in total. The molecular formula is C18H20N3O2+. The summed E-state index contributed by atoms with van der Waals surface area (Å²) < 4.78 is 5.76. The monoisotopic (exact) mass is 310 g/mol. The molecule has 0 radical (unpaired) electrons. The van der Waals surface area contributed by atoms with Crippen molar-refractivity contribution in [2.45, 2.75) is 13.1 Å². The summed E-state index contributed by atoms with van der Waals surface area (Å²) in [4.78, 5) is 17.3. The lowest BCUT2D eigenvalue weighted by Gasteiger charge is -2.12. The summed E-state index contributed by atoms with van der Waals surface area (Å²) in [5.41, 5.74) is 3.56. The second kappa shape index (κ2) is 6.62. The van der Waals surface area contributed by atoms with Crippen LogP contribution in [0.15, 0.2) is 52.9 Å². The van der Waals surface area contributed by atoms with E-state index in [2.05, 4.69) is 17.3 Å². The van der Waals surface area contributed by atoms with E-state index >= 15 is 0 Å². The quantitative estimate of drug-likeness (QED) is 0.749. The molecule has 1 unspecified atom stereocenters. The molecule has 2 aromatic carbocycles. The molecule has 3 rings (SSSR count). The molecule has 23 heavy (non-hydrogen) atoms. The van der Waals surface area contributed by atoms with Crippen molar-refractivity contribution in [3.05, 3.63) is 65.5 Å². The molecule has 5 heteroatoms. The summed E-state index contributed by atoms with van der Waals surface area (Å²) in [6.07, 6.45) is 0. The first-order valence-corrected chi connectivity index (χ1v) is 7.62. The average molecular weight is 310 g/mol. The van der Waals surface area contributed by atoms with E-state index in [-0.39, 0.29) is 5.91 Å². The van der Waals surface area contributed by atoms with Gasteiger partial charge in [-0.1, -0.05) is 24.3 Å². The van der Waals surface area contributed by atoms with Crippen molar-refractivity contribution < 1.29 is 14.1 Å². The summed E-state index contributed by atoms with van der Waals surface area (Å²) in [6.45, 7) is 1.55. The maximum atomic E-state index is 11.5. The van der Waals surface area contributed by atoms with E-state index in [1.54, 1.807) is 7.05 Å². The summed E-state index contributed by atoms with van der Waals surface area (Å²) in [7, 11) is 3.73. The number of nitrogens with zero attached hydrogens (tertiary/aromatic N) is 1. The molecule has 0 fully saturated rings. The zero-order valence-corrected chi connectivity index (χ0v) is 13.3. The Kier molecular flexibility index (Phi) is 4.39. The highest BCUT2D eigenvalue weighted by molar-refractivity contribution is 5.93. The topological polar surface area (TPSA) is 59.6 Å². The number of rotatable bonds is 5. The van der Waals surface area contributed by atoms with Gasteiger partial charge in [0.1, 0.15) is 12.1 Å². The number of benzene rings is 2. The van der Waals surface area contributed by atoms with Gasteiger partial charge in [-0.3, -0.25) is 4.79 Å². The largest absolute Gasteiger partial charge is 0.435 e. The highest BCUT2D eigenvalue weighted by Gasteiger charge is 2.12. The summed E-state index contributed by atoms with van der Waals surface area (Å²) in [5.74, 6) is 0.675. The summed E-state index contributed by atoms with van der Waals surface area (Å²) in [5, 5.41) is 2.62. The number of para-hydroxylation sites is 2. The molecule has 118 valence electrons. The molecule has 0 spiro atoms. The van der Waals surface area contributed by atoms with E-state index in [0.717, 1.165) is 23.5 Å². The van der Waals surface area contributed by atoms with Crippen LogP contribution >= 0.6 is 0 Å². The van der Waals surface area contributed by atoms with Crippen LogP contribution < -0.4 is 10.2 Å². The lowest BCUT2D eigenvalue weighted by atomic mass is 10.1. The van der Waals surface area contributed by atoms with Gasteiger partial charge in [0.2, 0.25) is 0 Å². The van der Waals surface area contributed by atoms with Crippen LogP contribution in [-0.2, 0) is 13.1 Å². The Morgan fingerprint density at radius 2 is 1.87 bits per heavy atom. The van der Waals surface area contributed by atoms with Gasteiger partial charge >= 0.3 is 0 Å². The van der Waals surface area contributed by atoms with Gasteiger partial charge < -0.3 is 14.6 Å². The Morgan fingerprint density at radius 3 is 2.57 bits per heavy atom. The van der Waals surface area contributed by atoms with Crippen LogP contribution in [0, 0.1) is 0 Å². The van der Waals surface area contributed by atoms with Crippen LogP contribution in [-0.4, -0.2) is 25.0 Å². The number of amides is 1. The fourth-order valence-electron chi connectivity index (χ4n) is 2.58. The Balaban J connectivity index is 1.64. The van der Waals surface area contributed by atoms with Crippen LogP contribution in [0.1, 0.15) is 21.8 Å². The molecule has 0 aliphatic carbocycles. The number of aromatic nitrogens is 1. The molecule has 0 aliphatic rings. The summed E-state index contributed by atoms with van der Waals surface area (Å²) >= 11 is 0. The predicted molar refractivity (Wildman–Crippen MR) is 88.1 cm³/mol. The van der Waals surface area contributed by atoms with E-state index in [9.17, 15) is 4.79 Å². The smallest absolute Gasteiger partial charge is 0.251 e. The minimum absolute atomic E-state index is 0.0660. The van der Waals surface area contributed by atoms with Crippen molar-refractivity contribution in [1.29, 1.82) is 0 Å². The average Bonchev–Trinajstić information content (AvgIpc) is 2.96. The normalized spacial score (nSPS) is 12.3. The fourth-order valence-corrected chi connectivity index (χ4v) is 2.58. The maximum absolute atomic E-state index is 11.5. The van der Waals surface area contributed by atoms with Crippen LogP contribution in [0.4, 0.5) is 0 Å². The number of quaternary nitrogens is 1. The lowest BCUT2D eigenvalue weighted by Crippen LogP contribution is -3.06. The maximum Gasteiger partial charge on any atom is 0.251 e. The molecule has 0 bridgehead atoms. The molecule has 1 atom stereocenters. The Morgan fingerprint density at radius 1 is 1.13 bits per heavy atom. The predicted octanol–water partition coefficient (Wildman–Crippen LogP) is 1.40. The number of carbonyl (C=O) groups excluding carboxylic acids is 1. The number of fused-ring (bicyclic) bond motifs is 1. The minimum atomic E-state index is -0.0660. The van der Waals surface area contributed by atoms with Crippen LogP contribution in [0.3, 0.4) is 0 Å². The third-order valence-corrected chi connectivity index (χ3v) is 3.74. The minimum Gasteiger partial charge on any atom is -0.435 e. The lowest BCUT2D eigenvalue weighted by molar-refractivity contribution is -0.909. The molecular weight excluding hydrogens is 290 g/mol. The second-order valence-electron chi connectivity index (χ2n) is 5.66. The van der Waals surface area contributed by atoms with Gasteiger partial charge in [0.05, 0.1) is 7.05 Å². The van der Waals surface area contributed by atoms with Gasteiger partial charge in [0, 0.05) is 18.2 Å². The summed E-state index contributed by atoms with van der Waals surface area (Å²) in [6, 6.07) is 15.5. The van der Waals surface area contributed by atoms with Crippen LogP contribution in [0.5, 0.6) is 0 Å². The van der Waals surface area contributed by atoms with Gasteiger partial charge in [-0.2, -0.15) is 0 Å². The van der Waals surface area contributed by atoms with Crippen molar-refractivity contribution in [1.82, 2.24) is 10.3 Å². The molecule has 1 aromatic heterocycles. The molecule has 2 N–H and O–H groups in total. The number of hydrogen-bond acceptors (Lipinski definition) is 3. The van der Waals surface area contributed by atoms with Crippen molar-refractivity contribution in [3.63, 3.8) is 0 Å². The Hall–Kier alpha value is -2.66. The number of nitrogens with one attached hydrogen (secondary N) is 2. The van der Waals surface area contributed by atoms with E-state index in [4.69, 9.17) is 4.42 Å². The molecule has 0 aliphatic heterocycles. The van der Waals surface area contributed by atoms with Gasteiger partial charge in [-0.25, -0.2) is 4.98 Å². The first-order chi connectivity index (χ1) is 11.2. The molecule has 0 saturated carbocycles. The second-order valence-corrected chi connectivity index (χ2v) is 5.66. The van der Waals surface area contributed by atoms with E-state index in [1.807, 2.05) is 48.5 Å². The van der Waals surface area contributed by atoms with Crippen LogP contribution in [0.25, 0.3) is 11.1 Å². The first-order valence-electron chi connectivity index (χ1n) is 7.62. The van der Waals surface area contributed by atoms with E-state index in [0.29, 0.717) is 12.1 Å². The van der Waals surface area contributed by atoms with Gasteiger partial charge in [-0.05, 0) is 24.3 Å². The molecule has 1 amide bonds. The van der Waals surface area contributed by atoms with E-state index < -0.39 is 0 Å². The zero-order valence-electron chi connectivity index (χ0n) is 13.3. The van der Waals surface area contributed by atoms with Crippen molar-refractivity contribution >= 4 is 17.0 Å². The Labute approximate surface area is 134 Å². The molecule has 3 aromatic rings. The molecule has 0 saturated heterocycles. The number of carbonyl (C=O) groups is 1. The Bertz CT molecular complexity index is 776. The van der Waals surface area contributed by atoms with Crippen molar-refractivity contribution in [2.75, 3.05) is 14.1 Å². The third kappa shape index (κ3) is 3.57. The van der Waals surface area contributed by atoms with Crippen molar-refractivity contribution in [2.24, 2.45) is 0 Å². The standard InChI is InChI=1S/C18H19N3O2/c1-19-18(22)14-9-7-13(8-10-14)11-21(2)12-17-20-15-5-3-4-6-16(15)23-17/h3-10H,11-12H2,1-2H3,(H,19,22)/p+1. The first kappa shape index (κ1) is 15.2. The number of oxazole rings is 1. The van der Waals surface area contributed by atoms with Crippen molar-refractivity contribution in [3.8, 4) is 0 Å².